The fraction of sp³-hybridized carbons (Fsp3) is 0.623. The average Bonchev–Trinajstić information content (AvgIpc) is 3.32. The van der Waals surface area contributed by atoms with Gasteiger partial charge in [-0.15, -0.1) is 0 Å². The third-order valence-electron chi connectivity index (χ3n) is 13.3. The average molecular weight is 1050 g/mol. The summed E-state index contributed by atoms with van der Waals surface area (Å²) in [6, 6.07) is 0. The van der Waals surface area contributed by atoms with Crippen molar-refractivity contribution in [2.45, 2.75) is 181 Å². The van der Waals surface area contributed by atoms with Crippen LogP contribution in [0.4, 0.5) is 0 Å². The molecule has 2 heterocycles. The maximum absolute atomic E-state index is 14.1. The second kappa shape index (κ2) is 26.5. The largest absolute Gasteiger partial charge is 0.505 e. The van der Waals surface area contributed by atoms with Gasteiger partial charge in [0.1, 0.15) is 46.4 Å². The topological polar surface area (TPSA) is 254 Å². The molecule has 0 saturated carbocycles. The third kappa shape index (κ3) is 14.7. The van der Waals surface area contributed by atoms with E-state index in [9.17, 15) is 49.8 Å². The van der Waals surface area contributed by atoms with Crippen LogP contribution in [0, 0.1) is 17.8 Å². The molecule has 0 bridgehead atoms. The van der Waals surface area contributed by atoms with Crippen molar-refractivity contribution < 1.29 is 83.0 Å². The Bertz CT molecular complexity index is 2260. The normalized spacial score (nSPS) is 34.4. The lowest BCUT2D eigenvalue weighted by atomic mass is 9.87. The number of hydrogen-bond acceptors (Lipinski definition) is 17. The minimum Gasteiger partial charge on any atom is -0.505 e. The number of methoxy groups -OCH3 is 1. The van der Waals surface area contributed by atoms with E-state index in [4.69, 9.17) is 56.4 Å². The Balaban J connectivity index is 1.61. The van der Waals surface area contributed by atoms with E-state index in [0.717, 1.165) is 5.57 Å². The molecule has 0 aromatic heterocycles. The molecule has 72 heavy (non-hydrogen) atoms. The number of aromatic hydroxyl groups is 2. The number of hydrogen-bond donors (Lipinski definition) is 6. The van der Waals surface area contributed by atoms with Crippen molar-refractivity contribution in [2.75, 3.05) is 13.7 Å². The van der Waals surface area contributed by atoms with E-state index in [2.05, 4.69) is 0 Å². The van der Waals surface area contributed by atoms with Gasteiger partial charge >= 0.3 is 11.9 Å². The second-order valence-corrected chi connectivity index (χ2v) is 20.4. The summed E-state index contributed by atoms with van der Waals surface area (Å²) in [5, 5.41) is 65.7. The molecule has 2 saturated heterocycles. The molecule has 6 N–H and O–H groups in total. The van der Waals surface area contributed by atoms with E-state index in [1.165, 1.54) is 27.0 Å². The molecule has 17 nitrogen and oxygen atoms in total. The second-order valence-electron chi connectivity index (χ2n) is 19.6. The number of carbonyl (C=O) groups is 4. The predicted molar refractivity (Wildman–Crippen MR) is 267 cm³/mol. The van der Waals surface area contributed by atoms with Crippen molar-refractivity contribution in [3.8, 4) is 11.5 Å². The first-order valence-electron chi connectivity index (χ1n) is 24.3. The molecular weight excluding hydrogens is 979 g/mol. The number of phenolic OH excluding ortho intramolecular Hbond substituents is 2. The number of phenols is 2. The molecule has 0 spiro atoms. The highest BCUT2D eigenvalue weighted by molar-refractivity contribution is 6.39. The lowest BCUT2D eigenvalue weighted by molar-refractivity contribution is -0.333. The van der Waals surface area contributed by atoms with E-state index in [-0.39, 0.29) is 60.2 Å². The highest BCUT2D eigenvalue weighted by Crippen LogP contribution is 2.45. The zero-order chi connectivity index (χ0) is 54.1. The van der Waals surface area contributed by atoms with Crippen LogP contribution < -0.4 is 0 Å². The smallest absolute Gasteiger partial charge is 0.342 e. The molecule has 4 rings (SSSR count). The maximum atomic E-state index is 14.1. The number of esters is 2. The van der Waals surface area contributed by atoms with Gasteiger partial charge in [0, 0.05) is 30.9 Å². The van der Waals surface area contributed by atoms with Crippen LogP contribution in [-0.2, 0) is 54.0 Å². The molecule has 19 heteroatoms. The number of rotatable bonds is 13. The Morgan fingerprint density at radius 2 is 1.57 bits per heavy atom. The number of ketones is 2. The van der Waals surface area contributed by atoms with Crippen LogP contribution in [0.1, 0.15) is 118 Å². The molecule has 402 valence electrons. The molecule has 1 aliphatic carbocycles. The van der Waals surface area contributed by atoms with Crippen LogP contribution in [0.2, 0.25) is 10.0 Å². The number of aliphatic hydroxyl groups excluding tert-OH is 4. The van der Waals surface area contributed by atoms with Crippen molar-refractivity contribution in [3.63, 3.8) is 0 Å². The lowest BCUT2D eigenvalue weighted by Gasteiger charge is -2.47. The van der Waals surface area contributed by atoms with Gasteiger partial charge < -0.3 is 63.8 Å². The Morgan fingerprint density at radius 3 is 2.17 bits per heavy atom. The summed E-state index contributed by atoms with van der Waals surface area (Å²) in [6.45, 7) is 18.2. The molecule has 0 unspecified atom stereocenters. The van der Waals surface area contributed by atoms with Crippen LogP contribution in [0.15, 0.2) is 58.7 Å². The number of carbonyl (C=O) groups excluding carboxylic acids is 4. The van der Waals surface area contributed by atoms with Crippen LogP contribution in [-0.4, -0.2) is 141 Å². The van der Waals surface area contributed by atoms with Gasteiger partial charge in [0.05, 0.1) is 35.9 Å². The van der Waals surface area contributed by atoms with Gasteiger partial charge in [-0.2, -0.15) is 0 Å². The monoisotopic (exact) mass is 1050 g/mol. The summed E-state index contributed by atoms with van der Waals surface area (Å²) in [6.07, 6.45) is -2.83. The van der Waals surface area contributed by atoms with Crippen LogP contribution >= 0.6 is 23.2 Å². The minimum absolute atomic E-state index is 0.0659. The number of allylic oxidation sites excluding steroid dienone is 5. The van der Waals surface area contributed by atoms with Gasteiger partial charge in [0.25, 0.3) is 0 Å². The van der Waals surface area contributed by atoms with E-state index in [1.54, 1.807) is 53.7 Å². The van der Waals surface area contributed by atoms with E-state index in [1.807, 2.05) is 39.0 Å². The molecule has 1 aromatic carbocycles. The Hall–Kier alpha value is -3.98. The van der Waals surface area contributed by atoms with Gasteiger partial charge in [-0.05, 0) is 90.9 Å². The molecule has 0 amide bonds. The van der Waals surface area contributed by atoms with Crippen LogP contribution in [0.25, 0.3) is 0 Å². The predicted octanol–water partition coefficient (Wildman–Crippen LogP) is 7.11. The quantitative estimate of drug-likeness (QED) is 0.0850. The van der Waals surface area contributed by atoms with Crippen LogP contribution in [0.5, 0.6) is 11.5 Å². The Morgan fingerprint density at radius 1 is 0.903 bits per heavy atom. The fourth-order valence-electron chi connectivity index (χ4n) is 8.86. The highest BCUT2D eigenvalue weighted by Gasteiger charge is 2.53. The van der Waals surface area contributed by atoms with Gasteiger partial charge in [0.15, 0.2) is 42.1 Å². The van der Waals surface area contributed by atoms with Crippen LogP contribution in [0.3, 0.4) is 0 Å². The zero-order valence-electron chi connectivity index (χ0n) is 43.2. The summed E-state index contributed by atoms with van der Waals surface area (Å²) in [5.74, 6) is -5.29. The highest BCUT2D eigenvalue weighted by atomic mass is 35.5. The summed E-state index contributed by atoms with van der Waals surface area (Å²) < 4.78 is 41.8. The van der Waals surface area contributed by atoms with Gasteiger partial charge in [-0.3, -0.25) is 14.4 Å². The van der Waals surface area contributed by atoms with Crippen molar-refractivity contribution in [1.82, 2.24) is 0 Å². The first-order chi connectivity index (χ1) is 33.7. The number of halogens is 2. The first kappa shape index (κ1) is 60.6. The van der Waals surface area contributed by atoms with E-state index in [0.29, 0.717) is 17.6 Å². The summed E-state index contributed by atoms with van der Waals surface area (Å²) in [4.78, 5) is 53.3. The lowest BCUT2D eigenvalue weighted by Crippen LogP contribution is -2.64. The number of benzene rings is 1. The fourth-order valence-corrected chi connectivity index (χ4v) is 9.42. The van der Waals surface area contributed by atoms with E-state index < -0.39 is 125 Å². The molecular formula is C53H74Cl2O17. The molecule has 13 atom stereocenters. The van der Waals surface area contributed by atoms with E-state index >= 15 is 0 Å². The molecule has 3 aliphatic rings. The van der Waals surface area contributed by atoms with Gasteiger partial charge in [-0.25, -0.2) is 4.79 Å². The summed E-state index contributed by atoms with van der Waals surface area (Å²) in [7, 11) is 1.28. The van der Waals surface area contributed by atoms with Gasteiger partial charge in [-0.1, -0.05) is 92.9 Å². The minimum atomic E-state index is -1.60. The molecule has 2 aliphatic heterocycles. The number of Topliss-reactive ketones (excluding diaryl/α,β-unsaturated/α-hetero) is 2. The van der Waals surface area contributed by atoms with Crippen molar-refractivity contribution >= 4 is 46.7 Å². The van der Waals surface area contributed by atoms with Crippen molar-refractivity contribution in [3.05, 3.63) is 79.9 Å². The molecule has 1 aromatic rings. The SMILES string of the molecule is CCc1c(Cl)c(O)c(Cl)c(O)c1C(=O)O[C@H]1[C@H](O)[C@H](OC)[C@H](OC/C2=C\C=C\C[C@H](O)/C(C)=C/[C@H](CC)[C@@H](O[C@@H]3OC(C)(C)[C@@H](OC(=O)C(C)C)[C@H](O)[C@@H]3O)/C(C)=C/C(C)=C/C[C@@H](C(C)=O)CC2=O)O[C@@H]1C. The summed E-state index contributed by atoms with van der Waals surface area (Å²) in [5.41, 5.74) is 0.592. The van der Waals surface area contributed by atoms with Crippen molar-refractivity contribution in [2.24, 2.45) is 17.8 Å². The molecule has 2 fully saturated rings. The Kier molecular flexibility index (Phi) is 22.3. The third-order valence-corrected chi connectivity index (χ3v) is 14.1. The zero-order valence-corrected chi connectivity index (χ0v) is 44.7. The molecule has 0 radical (unpaired) electrons. The summed E-state index contributed by atoms with van der Waals surface area (Å²) >= 11 is 12.3. The number of aliphatic hydroxyl groups is 4. The maximum Gasteiger partial charge on any atom is 0.342 e. The Labute approximate surface area is 432 Å². The first-order valence-corrected chi connectivity index (χ1v) is 25.1. The van der Waals surface area contributed by atoms with Crippen molar-refractivity contribution in [1.29, 1.82) is 0 Å². The standard InChI is InChI=1S/C53H74Cl2O17/c1-13-31-22-27(6)35(57)18-16-15-17-33(24-67-52-47(66-12)44(63)46(30(9)68-52)69-50(65)37-34(14-2)38(54)41(60)39(55)40(37)59)36(58)23-32(29(8)56)20-19-26(5)21-28(7)45(31)70-51-43(62)42(61)48(53(10,11)72-51)71-49(64)25(3)4/h15-17,19,21-22,25,30-32,35,42-48,51-52,57,59-63H,13-14,18,20,23-24H2,1-12H3/b16-15+,26-19+,27-22+,28-21+,33-17+/t30-,31+,32-,35+,42-,43+,44+,45+,46-,47+,48+,51-,52-/m1/s1. The number of ether oxygens (including phenoxy) is 7. The van der Waals surface area contributed by atoms with Gasteiger partial charge in [0.2, 0.25) is 0 Å².